The highest BCUT2D eigenvalue weighted by atomic mass is 19.1. The van der Waals surface area contributed by atoms with Gasteiger partial charge in [-0.05, 0) is 49.2 Å². The number of imidazole rings is 1. The molecule has 8 heteroatoms. The number of hydrogen-bond donors (Lipinski definition) is 1. The molecule has 3 heterocycles. The number of methoxy groups -OCH3 is 1. The Morgan fingerprint density at radius 1 is 1.18 bits per heavy atom. The minimum Gasteiger partial charge on any atom is -0.493 e. The fourth-order valence-electron chi connectivity index (χ4n) is 4.39. The topological polar surface area (TPSA) is 82.2 Å². The summed E-state index contributed by atoms with van der Waals surface area (Å²) < 4.78 is 26.6. The number of anilines is 1. The van der Waals surface area contributed by atoms with Gasteiger partial charge in [-0.15, -0.1) is 0 Å². The van der Waals surface area contributed by atoms with Gasteiger partial charge in [-0.1, -0.05) is 12.8 Å². The van der Waals surface area contributed by atoms with Crippen LogP contribution in [0.4, 0.5) is 10.1 Å². The number of benzene rings is 1. The van der Waals surface area contributed by atoms with E-state index in [1.54, 1.807) is 36.7 Å². The van der Waals surface area contributed by atoms with E-state index in [9.17, 15) is 9.18 Å². The molecule has 0 bridgehead atoms. The van der Waals surface area contributed by atoms with Crippen LogP contribution in [-0.2, 0) is 0 Å². The molecule has 1 N–H and O–H groups in total. The van der Waals surface area contributed by atoms with Crippen molar-refractivity contribution in [1.82, 2.24) is 14.5 Å². The van der Waals surface area contributed by atoms with E-state index in [1.165, 1.54) is 25.5 Å². The van der Waals surface area contributed by atoms with E-state index in [0.717, 1.165) is 36.9 Å². The number of hydrogen-bond acceptors (Lipinski definition) is 5. The van der Waals surface area contributed by atoms with Crippen LogP contribution in [-0.4, -0.2) is 27.6 Å². The van der Waals surface area contributed by atoms with Crippen LogP contribution >= 0.6 is 0 Å². The van der Waals surface area contributed by atoms with Crippen LogP contribution in [0.5, 0.6) is 5.75 Å². The van der Waals surface area contributed by atoms with E-state index in [1.807, 2.05) is 6.33 Å². The molecule has 1 amide bonds. The summed E-state index contributed by atoms with van der Waals surface area (Å²) in [5.74, 6) is -0.120. The molecule has 0 aliphatic heterocycles. The summed E-state index contributed by atoms with van der Waals surface area (Å²) in [4.78, 5) is 21.9. The van der Waals surface area contributed by atoms with Crippen molar-refractivity contribution in [1.29, 1.82) is 0 Å². The highest BCUT2D eigenvalue weighted by molar-refractivity contribution is 6.06. The maximum atomic E-state index is 13.6. The van der Waals surface area contributed by atoms with Gasteiger partial charge in [0.2, 0.25) is 0 Å². The molecule has 1 aliphatic rings. The number of rotatable bonds is 6. The zero-order valence-corrected chi connectivity index (χ0v) is 18.1. The lowest BCUT2D eigenvalue weighted by Crippen LogP contribution is -2.14. The second-order valence-electron chi connectivity index (χ2n) is 7.99. The summed E-state index contributed by atoms with van der Waals surface area (Å²) in [6.45, 7) is 0. The number of ether oxygens (including phenoxy) is 1. The second-order valence-corrected chi connectivity index (χ2v) is 7.99. The Labute approximate surface area is 190 Å². The van der Waals surface area contributed by atoms with E-state index in [2.05, 4.69) is 14.9 Å². The number of aromatic nitrogens is 3. The average Bonchev–Trinajstić information content (AvgIpc) is 3.61. The van der Waals surface area contributed by atoms with Crippen LogP contribution in [0.2, 0.25) is 0 Å². The highest BCUT2D eigenvalue weighted by Crippen LogP contribution is 2.43. The van der Waals surface area contributed by atoms with Crippen molar-refractivity contribution in [3.8, 4) is 28.3 Å². The highest BCUT2D eigenvalue weighted by Gasteiger charge is 2.27. The number of amides is 1. The van der Waals surface area contributed by atoms with Gasteiger partial charge in [0, 0.05) is 23.4 Å². The van der Waals surface area contributed by atoms with Crippen molar-refractivity contribution in [2.75, 3.05) is 12.4 Å². The lowest BCUT2D eigenvalue weighted by molar-refractivity contribution is 0.0996. The first-order valence-corrected chi connectivity index (χ1v) is 10.9. The molecule has 1 saturated carbocycles. The minimum atomic E-state index is -0.402. The van der Waals surface area contributed by atoms with Crippen LogP contribution < -0.4 is 10.1 Å². The van der Waals surface area contributed by atoms with Crippen molar-refractivity contribution < 1.29 is 18.3 Å². The van der Waals surface area contributed by atoms with E-state index in [4.69, 9.17) is 14.1 Å². The number of nitrogens with one attached hydrogen (secondary N) is 1. The summed E-state index contributed by atoms with van der Waals surface area (Å²) >= 11 is 0. The molecule has 4 aromatic rings. The standard InChI is InChI=1S/C25H23FN4O3/c1-32-21-14-27-13-19(23(21)29-25(31)20-7-4-12-33-20)24-22(16-8-10-17(26)11-9-16)28-15-30(24)18-5-2-3-6-18/h4,7-15,18H,2-3,5-6H2,1H3,(H,27,29,31). The maximum absolute atomic E-state index is 13.6. The number of nitrogens with zero attached hydrogens (tertiary/aromatic N) is 3. The maximum Gasteiger partial charge on any atom is 0.291 e. The van der Waals surface area contributed by atoms with Crippen LogP contribution in [0.3, 0.4) is 0 Å². The second kappa shape index (κ2) is 8.90. The molecule has 7 nitrogen and oxygen atoms in total. The lowest BCUT2D eigenvalue weighted by Gasteiger charge is -2.20. The smallest absolute Gasteiger partial charge is 0.291 e. The molecule has 0 radical (unpaired) electrons. The molecule has 33 heavy (non-hydrogen) atoms. The number of carbonyl (C=O) groups is 1. The monoisotopic (exact) mass is 446 g/mol. The first-order valence-electron chi connectivity index (χ1n) is 10.9. The largest absolute Gasteiger partial charge is 0.493 e. The number of carbonyl (C=O) groups excluding carboxylic acids is 1. The van der Waals surface area contributed by atoms with Gasteiger partial charge in [-0.3, -0.25) is 9.78 Å². The van der Waals surface area contributed by atoms with E-state index in [0.29, 0.717) is 22.7 Å². The van der Waals surface area contributed by atoms with Gasteiger partial charge in [-0.2, -0.15) is 0 Å². The Hall–Kier alpha value is -3.94. The molecule has 1 fully saturated rings. The zero-order valence-electron chi connectivity index (χ0n) is 18.1. The van der Waals surface area contributed by atoms with Crippen molar-refractivity contribution in [3.63, 3.8) is 0 Å². The summed E-state index contributed by atoms with van der Waals surface area (Å²) in [5.41, 5.74) is 3.39. The molecule has 0 saturated heterocycles. The third-order valence-corrected chi connectivity index (χ3v) is 6.00. The van der Waals surface area contributed by atoms with E-state index < -0.39 is 5.91 Å². The summed E-state index contributed by atoms with van der Waals surface area (Å²) in [6.07, 6.45) is 10.9. The van der Waals surface area contributed by atoms with Crippen LogP contribution in [0.25, 0.3) is 22.5 Å². The number of pyridine rings is 1. The summed E-state index contributed by atoms with van der Waals surface area (Å²) in [5, 5.41) is 2.93. The van der Waals surface area contributed by atoms with Crippen molar-refractivity contribution >= 4 is 11.6 Å². The van der Waals surface area contributed by atoms with Gasteiger partial charge in [0.1, 0.15) is 5.82 Å². The first kappa shape index (κ1) is 20.9. The van der Waals surface area contributed by atoms with Gasteiger partial charge < -0.3 is 19.0 Å². The molecule has 3 aromatic heterocycles. The van der Waals surface area contributed by atoms with E-state index >= 15 is 0 Å². The Bertz CT molecular complexity index is 1260. The van der Waals surface area contributed by atoms with Crippen LogP contribution in [0.15, 0.2) is 65.8 Å². The van der Waals surface area contributed by atoms with Crippen LogP contribution in [0, 0.1) is 5.82 Å². The summed E-state index contributed by atoms with van der Waals surface area (Å²) in [7, 11) is 1.53. The third kappa shape index (κ3) is 4.00. The molecule has 0 unspecified atom stereocenters. The van der Waals surface area contributed by atoms with Crippen molar-refractivity contribution in [2.24, 2.45) is 0 Å². The predicted molar refractivity (Wildman–Crippen MR) is 122 cm³/mol. The van der Waals surface area contributed by atoms with Gasteiger partial charge in [0.15, 0.2) is 11.5 Å². The molecule has 5 rings (SSSR count). The minimum absolute atomic E-state index is 0.183. The van der Waals surface area contributed by atoms with Gasteiger partial charge in [0.05, 0.1) is 43.0 Å². The molecular weight excluding hydrogens is 423 g/mol. The lowest BCUT2D eigenvalue weighted by atomic mass is 10.0. The average molecular weight is 446 g/mol. The number of halogens is 1. The molecule has 0 atom stereocenters. The zero-order chi connectivity index (χ0) is 22.8. The molecular formula is C25H23FN4O3. The molecule has 0 spiro atoms. The SMILES string of the molecule is COc1cncc(-c2c(-c3ccc(F)cc3)ncn2C2CCCC2)c1NC(=O)c1ccco1. The van der Waals surface area contributed by atoms with E-state index in [-0.39, 0.29) is 17.6 Å². The third-order valence-electron chi connectivity index (χ3n) is 6.00. The summed E-state index contributed by atoms with van der Waals surface area (Å²) in [6, 6.07) is 9.76. The normalized spacial score (nSPS) is 13.9. The predicted octanol–water partition coefficient (Wildman–Crippen LogP) is 5.72. The van der Waals surface area contributed by atoms with Gasteiger partial charge in [0.25, 0.3) is 5.91 Å². The van der Waals surface area contributed by atoms with Crippen molar-refractivity contribution in [2.45, 2.75) is 31.7 Å². The number of furan rings is 1. The molecule has 1 aromatic carbocycles. The fraction of sp³-hybridized carbons (Fsp3) is 0.240. The molecule has 1 aliphatic carbocycles. The Balaban J connectivity index is 1.68. The Kier molecular flexibility index (Phi) is 5.64. The van der Waals surface area contributed by atoms with Crippen LogP contribution in [0.1, 0.15) is 42.3 Å². The first-order chi connectivity index (χ1) is 16.2. The Morgan fingerprint density at radius 2 is 1.97 bits per heavy atom. The van der Waals surface area contributed by atoms with Gasteiger partial charge in [-0.25, -0.2) is 9.37 Å². The van der Waals surface area contributed by atoms with Crippen molar-refractivity contribution in [3.05, 3.63) is 73.0 Å². The molecule has 168 valence electrons. The van der Waals surface area contributed by atoms with Gasteiger partial charge >= 0.3 is 0 Å². The quantitative estimate of drug-likeness (QED) is 0.410. The fourth-order valence-corrected chi connectivity index (χ4v) is 4.39. The Morgan fingerprint density at radius 3 is 2.67 bits per heavy atom.